The van der Waals surface area contributed by atoms with E-state index in [2.05, 4.69) is 42.3 Å². The van der Waals surface area contributed by atoms with Gasteiger partial charge in [-0.3, -0.25) is 9.69 Å². The van der Waals surface area contributed by atoms with Crippen LogP contribution in [-0.4, -0.2) is 43.0 Å². The quantitative estimate of drug-likeness (QED) is 0.900. The van der Waals surface area contributed by atoms with E-state index >= 15 is 0 Å². The topological polar surface area (TPSA) is 35.6 Å². The van der Waals surface area contributed by atoms with Crippen molar-refractivity contribution >= 4 is 11.6 Å². The van der Waals surface area contributed by atoms with Gasteiger partial charge in [0.15, 0.2) is 0 Å². The molecule has 1 saturated heterocycles. The van der Waals surface area contributed by atoms with E-state index in [0.29, 0.717) is 18.5 Å². The molecule has 0 bridgehead atoms. The molecule has 0 aliphatic carbocycles. The Bertz CT molecular complexity index is 543. The summed E-state index contributed by atoms with van der Waals surface area (Å²) in [5, 5.41) is 3.52. The van der Waals surface area contributed by atoms with Crippen molar-refractivity contribution in [1.82, 2.24) is 10.2 Å². The van der Waals surface area contributed by atoms with Crippen molar-refractivity contribution in [3.05, 3.63) is 29.3 Å². The fraction of sp³-hybridized carbons (Fsp3) is 0.588. The van der Waals surface area contributed by atoms with Crippen molar-refractivity contribution in [2.75, 3.05) is 25.0 Å². The molecule has 3 rings (SSSR count). The van der Waals surface area contributed by atoms with Gasteiger partial charge < -0.3 is 10.2 Å². The number of nitrogens with zero attached hydrogens (tertiary/aromatic N) is 2. The summed E-state index contributed by atoms with van der Waals surface area (Å²) in [6.07, 6.45) is 1.51. The second kappa shape index (κ2) is 5.78. The van der Waals surface area contributed by atoms with E-state index < -0.39 is 0 Å². The van der Waals surface area contributed by atoms with Crippen molar-refractivity contribution in [1.29, 1.82) is 0 Å². The van der Waals surface area contributed by atoms with Crippen LogP contribution in [-0.2, 0) is 17.8 Å². The molecular weight excluding hydrogens is 262 g/mol. The third-order valence-corrected chi connectivity index (χ3v) is 4.77. The lowest BCUT2D eigenvalue weighted by molar-refractivity contribution is -0.118. The van der Waals surface area contributed by atoms with Gasteiger partial charge in [0.05, 0.1) is 0 Å². The minimum absolute atomic E-state index is 0.222. The number of hydrogen-bond acceptors (Lipinski definition) is 3. The van der Waals surface area contributed by atoms with Crippen molar-refractivity contribution < 1.29 is 4.79 Å². The molecule has 1 aromatic carbocycles. The molecule has 0 saturated carbocycles. The SMILES string of the molecule is CC1CN(Cc2ccc3c(c2)CCC(=O)N3C)C(C)CN1. The Labute approximate surface area is 127 Å². The molecule has 1 aromatic rings. The minimum atomic E-state index is 0.222. The first kappa shape index (κ1) is 14.5. The first-order valence-corrected chi connectivity index (χ1v) is 7.90. The first-order valence-electron chi connectivity index (χ1n) is 7.90. The van der Waals surface area contributed by atoms with Gasteiger partial charge in [-0.15, -0.1) is 0 Å². The van der Waals surface area contributed by atoms with E-state index in [-0.39, 0.29) is 5.91 Å². The molecule has 2 aliphatic rings. The summed E-state index contributed by atoms with van der Waals surface area (Å²) in [4.78, 5) is 16.1. The number of aryl methyl sites for hydroxylation is 1. The molecule has 2 atom stereocenters. The molecule has 114 valence electrons. The molecule has 0 radical (unpaired) electrons. The Hall–Kier alpha value is -1.39. The highest BCUT2D eigenvalue weighted by atomic mass is 16.2. The maximum atomic E-state index is 11.7. The average Bonchev–Trinajstić information content (AvgIpc) is 2.47. The Balaban J connectivity index is 1.76. The zero-order valence-electron chi connectivity index (χ0n) is 13.2. The highest BCUT2D eigenvalue weighted by molar-refractivity contribution is 5.95. The van der Waals surface area contributed by atoms with Gasteiger partial charge in [-0.05, 0) is 37.5 Å². The van der Waals surface area contributed by atoms with Crippen LogP contribution in [0, 0.1) is 0 Å². The molecule has 0 spiro atoms. The van der Waals surface area contributed by atoms with Crippen molar-refractivity contribution in [2.45, 2.75) is 45.3 Å². The minimum Gasteiger partial charge on any atom is -0.315 e. The van der Waals surface area contributed by atoms with Gasteiger partial charge in [-0.2, -0.15) is 0 Å². The zero-order valence-corrected chi connectivity index (χ0v) is 13.2. The smallest absolute Gasteiger partial charge is 0.227 e. The molecule has 2 unspecified atom stereocenters. The molecule has 1 N–H and O–H groups in total. The molecule has 1 amide bonds. The largest absolute Gasteiger partial charge is 0.315 e. The van der Waals surface area contributed by atoms with Crippen LogP contribution in [0.2, 0.25) is 0 Å². The number of amides is 1. The number of carbonyl (C=O) groups is 1. The highest BCUT2D eigenvalue weighted by Gasteiger charge is 2.24. The average molecular weight is 287 g/mol. The summed E-state index contributed by atoms with van der Waals surface area (Å²) in [6, 6.07) is 7.70. The monoisotopic (exact) mass is 287 g/mol. The normalized spacial score (nSPS) is 26.8. The lowest BCUT2D eigenvalue weighted by Crippen LogP contribution is -2.53. The maximum absolute atomic E-state index is 11.7. The van der Waals surface area contributed by atoms with Crippen LogP contribution in [0.25, 0.3) is 0 Å². The van der Waals surface area contributed by atoms with E-state index in [0.717, 1.165) is 31.7 Å². The van der Waals surface area contributed by atoms with Crippen LogP contribution >= 0.6 is 0 Å². The number of rotatable bonds is 2. The van der Waals surface area contributed by atoms with Gasteiger partial charge in [0.1, 0.15) is 0 Å². The van der Waals surface area contributed by atoms with Crippen LogP contribution in [0.15, 0.2) is 18.2 Å². The summed E-state index contributed by atoms with van der Waals surface area (Å²) >= 11 is 0. The second-order valence-corrected chi connectivity index (χ2v) is 6.50. The Morgan fingerprint density at radius 2 is 2.10 bits per heavy atom. The molecular formula is C17H25N3O. The highest BCUT2D eigenvalue weighted by Crippen LogP contribution is 2.28. The molecule has 4 nitrogen and oxygen atoms in total. The van der Waals surface area contributed by atoms with Gasteiger partial charge in [0.2, 0.25) is 5.91 Å². The van der Waals surface area contributed by atoms with Gasteiger partial charge in [0, 0.05) is 50.9 Å². The number of fused-ring (bicyclic) bond motifs is 1. The summed E-state index contributed by atoms with van der Waals surface area (Å²) in [7, 11) is 1.88. The van der Waals surface area contributed by atoms with Gasteiger partial charge in [-0.25, -0.2) is 0 Å². The van der Waals surface area contributed by atoms with Crippen LogP contribution in [0.4, 0.5) is 5.69 Å². The molecule has 0 aromatic heterocycles. The number of nitrogens with one attached hydrogen (secondary N) is 1. The number of piperazine rings is 1. The summed E-state index contributed by atoms with van der Waals surface area (Å²) < 4.78 is 0. The van der Waals surface area contributed by atoms with Crippen LogP contribution in [0.1, 0.15) is 31.4 Å². The third kappa shape index (κ3) is 2.97. The van der Waals surface area contributed by atoms with Gasteiger partial charge in [-0.1, -0.05) is 12.1 Å². The van der Waals surface area contributed by atoms with E-state index in [1.165, 1.54) is 11.1 Å². The van der Waals surface area contributed by atoms with Crippen molar-refractivity contribution in [3.63, 3.8) is 0 Å². The lowest BCUT2D eigenvalue weighted by atomic mass is 9.98. The molecule has 1 fully saturated rings. The summed E-state index contributed by atoms with van der Waals surface area (Å²) in [6.45, 7) is 7.67. The van der Waals surface area contributed by atoms with E-state index in [1.807, 2.05) is 7.05 Å². The van der Waals surface area contributed by atoms with Crippen LogP contribution < -0.4 is 10.2 Å². The third-order valence-electron chi connectivity index (χ3n) is 4.77. The van der Waals surface area contributed by atoms with Crippen molar-refractivity contribution in [3.8, 4) is 0 Å². The van der Waals surface area contributed by atoms with Crippen LogP contribution in [0.5, 0.6) is 0 Å². The zero-order chi connectivity index (χ0) is 15.0. The van der Waals surface area contributed by atoms with Gasteiger partial charge in [0.25, 0.3) is 0 Å². The number of anilines is 1. The van der Waals surface area contributed by atoms with Crippen LogP contribution in [0.3, 0.4) is 0 Å². The summed E-state index contributed by atoms with van der Waals surface area (Å²) in [5.74, 6) is 0.222. The Morgan fingerprint density at radius 3 is 2.90 bits per heavy atom. The molecule has 21 heavy (non-hydrogen) atoms. The molecule has 2 aliphatic heterocycles. The number of benzene rings is 1. The number of hydrogen-bond donors (Lipinski definition) is 1. The fourth-order valence-electron chi connectivity index (χ4n) is 3.36. The van der Waals surface area contributed by atoms with E-state index in [1.54, 1.807) is 4.90 Å². The lowest BCUT2D eigenvalue weighted by Gasteiger charge is -2.37. The number of carbonyl (C=O) groups excluding carboxylic acids is 1. The first-order chi connectivity index (χ1) is 10.0. The van der Waals surface area contributed by atoms with E-state index in [9.17, 15) is 4.79 Å². The second-order valence-electron chi connectivity index (χ2n) is 6.50. The predicted molar refractivity (Wildman–Crippen MR) is 85.5 cm³/mol. The van der Waals surface area contributed by atoms with Gasteiger partial charge >= 0.3 is 0 Å². The fourth-order valence-corrected chi connectivity index (χ4v) is 3.36. The van der Waals surface area contributed by atoms with Crippen molar-refractivity contribution in [2.24, 2.45) is 0 Å². The maximum Gasteiger partial charge on any atom is 0.227 e. The molecule has 4 heteroatoms. The predicted octanol–water partition coefficient (Wildman–Crippen LogP) is 1.78. The standard InChI is InChI=1S/C17H25N3O/c1-12-10-20(13(2)9-18-12)11-14-4-6-16-15(8-14)5-7-17(21)19(16)3/h4,6,8,12-13,18H,5,7,9-11H2,1-3H3. The Morgan fingerprint density at radius 1 is 1.29 bits per heavy atom. The summed E-state index contributed by atoms with van der Waals surface area (Å²) in [5.41, 5.74) is 3.75. The molecule has 2 heterocycles. The Kier molecular flexibility index (Phi) is 4.00. The van der Waals surface area contributed by atoms with E-state index in [4.69, 9.17) is 0 Å².